The SMILES string of the molecule is C=CC1=C(C)C2=NC1=CC1=NC(=CC3=C(C)/C(=C(\[O-])O)C(=N3)C(CC(=O)N[C@@H](CC(=O)[O-])C(=O)[O-])=C3NC(=C2)[C@@H](C)[C@@H]3CCC(=O)[O-])C(CC)=C1C.[Na+].[Na+].[Na+].[Na+]. The molecule has 5 rings (SSSR count). The summed E-state index contributed by atoms with van der Waals surface area (Å²) in [6, 6.07) is -1.95. The van der Waals surface area contributed by atoms with Gasteiger partial charge in [-0.25, -0.2) is 15.0 Å². The van der Waals surface area contributed by atoms with Gasteiger partial charge in [-0.2, -0.15) is 0 Å². The number of hydrogen-bond donors (Lipinski definition) is 3. The Morgan fingerprint density at radius 1 is 0.893 bits per heavy atom. The molecule has 0 radical (unpaired) electrons. The minimum atomic E-state index is -1.95. The van der Waals surface area contributed by atoms with Crippen LogP contribution in [0.5, 0.6) is 0 Å². The van der Waals surface area contributed by atoms with Crippen molar-refractivity contribution in [2.24, 2.45) is 26.8 Å². The number of nitrogens with one attached hydrogen (secondary N) is 2. The van der Waals surface area contributed by atoms with Crippen LogP contribution in [-0.2, 0) is 19.2 Å². The van der Waals surface area contributed by atoms with Crippen molar-refractivity contribution in [3.63, 3.8) is 0 Å². The van der Waals surface area contributed by atoms with E-state index in [2.05, 4.69) is 17.2 Å². The number of carboxylic acids is 3. The molecule has 0 spiro atoms. The van der Waals surface area contributed by atoms with Crippen molar-refractivity contribution in [2.75, 3.05) is 0 Å². The van der Waals surface area contributed by atoms with Gasteiger partial charge in [0.1, 0.15) is 0 Å². The van der Waals surface area contributed by atoms with Crippen LogP contribution in [0.2, 0.25) is 0 Å². The Morgan fingerprint density at radius 3 is 2.07 bits per heavy atom. The van der Waals surface area contributed by atoms with Crippen LogP contribution >= 0.6 is 0 Å². The molecule has 56 heavy (non-hydrogen) atoms. The number of aliphatic hydroxyl groups is 1. The van der Waals surface area contributed by atoms with Gasteiger partial charge in [0.15, 0.2) is 0 Å². The number of allylic oxidation sites excluding steroid dienone is 11. The van der Waals surface area contributed by atoms with Gasteiger partial charge in [-0.3, -0.25) is 4.79 Å². The Labute approximate surface area is 413 Å². The van der Waals surface area contributed by atoms with Crippen molar-refractivity contribution in [3.8, 4) is 0 Å². The molecule has 0 saturated carbocycles. The molecular weight excluding hydrogens is 762 g/mol. The van der Waals surface area contributed by atoms with Crippen LogP contribution in [-0.4, -0.2) is 52.1 Å². The van der Waals surface area contributed by atoms with Crippen LogP contribution in [0.25, 0.3) is 0 Å². The van der Waals surface area contributed by atoms with Crippen LogP contribution < -0.4 is 149 Å². The molecule has 3 atom stereocenters. The summed E-state index contributed by atoms with van der Waals surface area (Å²) in [5, 5.41) is 63.6. The molecule has 0 aromatic heterocycles. The van der Waals surface area contributed by atoms with Crippen LogP contribution in [0, 0.1) is 11.8 Å². The van der Waals surface area contributed by atoms with E-state index in [-0.39, 0.29) is 165 Å². The van der Waals surface area contributed by atoms with Gasteiger partial charge in [0.25, 0.3) is 0 Å². The third-order valence-corrected chi connectivity index (χ3v) is 9.87. The molecule has 5 aliphatic heterocycles. The zero-order valence-corrected chi connectivity index (χ0v) is 41.3. The molecule has 5 heterocycles. The molecule has 14 nitrogen and oxygen atoms in total. The predicted molar refractivity (Wildman–Crippen MR) is 183 cm³/mol. The van der Waals surface area contributed by atoms with E-state index in [9.17, 15) is 44.7 Å². The summed E-state index contributed by atoms with van der Waals surface area (Å²) in [6.07, 6.45) is 5.55. The summed E-state index contributed by atoms with van der Waals surface area (Å²) in [5.41, 5.74) is 6.94. The number of nitrogens with zero attached hydrogens (tertiary/aromatic N) is 3. The van der Waals surface area contributed by atoms with Crippen molar-refractivity contribution < 1.29 is 163 Å². The van der Waals surface area contributed by atoms with Gasteiger partial charge in [0.05, 0.1) is 58.6 Å². The van der Waals surface area contributed by atoms with Crippen LogP contribution in [0.4, 0.5) is 0 Å². The van der Waals surface area contributed by atoms with Crippen molar-refractivity contribution >= 4 is 41.0 Å². The van der Waals surface area contributed by atoms with E-state index < -0.39 is 60.5 Å². The molecular formula is C38H37N5Na4O9. The fraction of sp³-hybridized carbons (Fsp3) is 0.342. The molecule has 0 aromatic carbocycles. The van der Waals surface area contributed by atoms with Crippen LogP contribution in [0.3, 0.4) is 0 Å². The zero-order chi connectivity index (χ0) is 38.2. The molecule has 0 aromatic rings. The van der Waals surface area contributed by atoms with E-state index in [1.807, 2.05) is 33.8 Å². The first-order valence-corrected chi connectivity index (χ1v) is 16.7. The molecule has 1 amide bonds. The summed E-state index contributed by atoms with van der Waals surface area (Å²) < 4.78 is 0. The second-order valence-electron chi connectivity index (χ2n) is 13.0. The van der Waals surface area contributed by atoms with Crippen molar-refractivity contribution in [3.05, 3.63) is 104 Å². The maximum Gasteiger partial charge on any atom is 1.00 e. The number of aliphatic carboxylic acids is 3. The maximum absolute atomic E-state index is 13.6. The first-order chi connectivity index (χ1) is 24.6. The van der Waals surface area contributed by atoms with E-state index in [1.165, 1.54) is 0 Å². The fourth-order valence-corrected chi connectivity index (χ4v) is 7.07. The maximum atomic E-state index is 13.6. The zero-order valence-electron chi connectivity index (χ0n) is 33.3. The number of fused-ring (bicyclic) bond motifs is 5. The fourth-order valence-electron chi connectivity index (χ4n) is 7.07. The van der Waals surface area contributed by atoms with Crippen molar-refractivity contribution in [1.29, 1.82) is 0 Å². The Kier molecular flexibility index (Phi) is 20.2. The smallest absolute Gasteiger partial charge is 0.629 e. The molecule has 18 heteroatoms. The molecule has 1 fully saturated rings. The van der Waals surface area contributed by atoms with E-state index in [4.69, 9.17) is 15.0 Å². The average molecular weight is 800 g/mol. The van der Waals surface area contributed by atoms with Gasteiger partial charge in [-0.15, -0.1) is 0 Å². The Balaban J connectivity index is 0.00000392. The summed E-state index contributed by atoms with van der Waals surface area (Å²) in [5.74, 6) is -8.31. The van der Waals surface area contributed by atoms with Crippen LogP contribution in [0.1, 0.15) is 66.7 Å². The summed E-state index contributed by atoms with van der Waals surface area (Å²) >= 11 is 0. The molecule has 3 N–H and O–H groups in total. The van der Waals surface area contributed by atoms with Gasteiger partial charge in [0, 0.05) is 58.3 Å². The number of amides is 1. The Bertz CT molecular complexity index is 2080. The first kappa shape index (κ1) is 52.0. The number of aliphatic hydroxyl groups excluding tert-OH is 1. The quantitative estimate of drug-likeness (QED) is 0.132. The van der Waals surface area contributed by atoms with E-state index >= 15 is 0 Å². The molecule has 0 unspecified atom stereocenters. The number of aliphatic imine (C=N–C) groups is 3. The van der Waals surface area contributed by atoms with Gasteiger partial charge >= 0.3 is 118 Å². The molecule has 5 aliphatic rings. The van der Waals surface area contributed by atoms with Gasteiger partial charge in [-0.1, -0.05) is 26.5 Å². The number of carbonyl (C=O) groups is 4. The molecule has 272 valence electrons. The standard InChI is InChI=1S/C38H41N5O9.4Na/c1-7-20-16(3)24-12-26-18(5)22(9-10-32(45)46)35(42-26)23(11-31(44)41-30(37(49)50)15-33(47)48)36-34(38(51)52)19(6)27(43-36)14-29-21(8-2)17(4)25(40-29)13-28(20)39-24;;;;/h7,12-14,18,22,30,42,51-52H,1,8-11,15H2,2-6H3,(H,41,44)(H,45,46)(H,47,48)(H,49,50);;;;/q;4*+1/p-4/t18-,22-,30-;;;;/m0..../s1. The second kappa shape index (κ2) is 21.8. The number of rotatable bonds is 11. The van der Waals surface area contributed by atoms with E-state index in [1.54, 1.807) is 25.2 Å². The van der Waals surface area contributed by atoms with Crippen molar-refractivity contribution in [2.45, 2.75) is 72.8 Å². The summed E-state index contributed by atoms with van der Waals surface area (Å²) in [7, 11) is 0. The predicted octanol–water partition coefficient (Wildman–Crippen LogP) is -11.9. The van der Waals surface area contributed by atoms with E-state index in [0.717, 1.165) is 22.3 Å². The molecule has 0 aliphatic carbocycles. The van der Waals surface area contributed by atoms with Crippen molar-refractivity contribution in [1.82, 2.24) is 10.6 Å². The topological polar surface area (TPSA) is 242 Å². The van der Waals surface area contributed by atoms with E-state index in [0.29, 0.717) is 34.9 Å². The largest absolute Gasteiger partial charge is 1.00 e. The Hall–Kier alpha value is -2.05. The van der Waals surface area contributed by atoms with Gasteiger partial charge in [0.2, 0.25) is 5.91 Å². The third kappa shape index (κ3) is 11.0. The number of carboxylic acid groups (broad SMARTS) is 3. The normalized spacial score (nSPS) is 21.0. The summed E-state index contributed by atoms with van der Waals surface area (Å²) in [6.45, 7) is 13.2. The first-order valence-electron chi connectivity index (χ1n) is 16.7. The van der Waals surface area contributed by atoms with Gasteiger partial charge in [-0.05, 0) is 80.6 Å². The van der Waals surface area contributed by atoms with Gasteiger partial charge < -0.3 is 50.5 Å². The minimum Gasteiger partial charge on any atom is -0.629 e. The second-order valence-corrected chi connectivity index (χ2v) is 13.0. The molecule has 1 saturated heterocycles. The Morgan fingerprint density at radius 2 is 1.52 bits per heavy atom. The summed E-state index contributed by atoms with van der Waals surface area (Å²) in [4.78, 5) is 62.8. The number of hydrogen-bond acceptors (Lipinski definition) is 13. The molecule has 8 bridgehead atoms. The third-order valence-electron chi connectivity index (χ3n) is 9.87. The monoisotopic (exact) mass is 799 g/mol. The van der Waals surface area contributed by atoms with Crippen LogP contribution in [0.15, 0.2) is 119 Å². The average Bonchev–Trinajstić information content (AvgIpc) is 3.74. The number of carbonyl (C=O) groups excluding carboxylic acids is 4. The minimum absolute atomic E-state index is 0.